The van der Waals surface area contributed by atoms with Gasteiger partial charge in [-0.3, -0.25) is 4.79 Å². The summed E-state index contributed by atoms with van der Waals surface area (Å²) in [6.45, 7) is 5.30. The van der Waals surface area contributed by atoms with Crippen LogP contribution >= 0.6 is 11.6 Å². The highest BCUT2D eigenvalue weighted by Crippen LogP contribution is 2.46. The van der Waals surface area contributed by atoms with E-state index in [0.29, 0.717) is 51.2 Å². The first-order chi connectivity index (χ1) is 18.1. The van der Waals surface area contributed by atoms with Crippen LogP contribution in [0.3, 0.4) is 0 Å². The van der Waals surface area contributed by atoms with Gasteiger partial charge >= 0.3 is 0 Å². The number of alkyl halides is 2. The summed E-state index contributed by atoms with van der Waals surface area (Å²) in [4.78, 5) is 24.6. The van der Waals surface area contributed by atoms with Crippen LogP contribution in [0.25, 0.3) is 10.9 Å². The van der Waals surface area contributed by atoms with Crippen LogP contribution in [0.5, 0.6) is 0 Å². The van der Waals surface area contributed by atoms with E-state index in [2.05, 4.69) is 34.4 Å². The normalized spacial score (nSPS) is 25.0. The van der Waals surface area contributed by atoms with E-state index in [1.807, 2.05) is 18.2 Å². The number of rotatable bonds is 4. The number of nitrogens with zero attached hydrogens (tertiary/aromatic N) is 4. The average Bonchev–Trinajstić information content (AvgIpc) is 3.73. The molecule has 1 saturated carbocycles. The molecule has 0 spiro atoms. The minimum atomic E-state index is -2.87. The third kappa shape index (κ3) is 4.48. The van der Waals surface area contributed by atoms with Gasteiger partial charge in [0.15, 0.2) is 5.82 Å². The van der Waals surface area contributed by atoms with Crippen molar-refractivity contribution in [1.82, 2.24) is 14.5 Å². The van der Waals surface area contributed by atoms with E-state index >= 15 is 8.78 Å². The Morgan fingerprint density at radius 2 is 1.97 bits per heavy atom. The monoisotopic (exact) mass is 542 g/mol. The van der Waals surface area contributed by atoms with Gasteiger partial charge in [0.25, 0.3) is 11.5 Å². The fraction of sp³-hybridized carbons (Fsp3) is 0.536. The van der Waals surface area contributed by atoms with Crippen molar-refractivity contribution in [2.45, 2.75) is 70.4 Å². The summed E-state index contributed by atoms with van der Waals surface area (Å²) in [7, 11) is 1.69. The van der Waals surface area contributed by atoms with Gasteiger partial charge in [0, 0.05) is 42.7 Å². The van der Waals surface area contributed by atoms with Gasteiger partial charge in [-0.2, -0.15) is 4.98 Å². The standard InChI is InChI=1S/C28H33ClF2N6O/c1-15-4-5-16(2)37(14-15)27-32-13-21(29)25(35-27)33-18-8-9-22-20(12-18)23-19(26(38)36(22)3)10-11-28(30,31)24(34-23)17-6-7-17/h8-9,12-13,15-17,24,34H,4-7,10-11,14H2,1-3H3,(H,32,33,35)/t15?,16?,24-/m0/s1. The molecule has 0 radical (unpaired) electrons. The molecule has 3 aromatic rings. The maximum Gasteiger partial charge on any atom is 0.268 e. The second-order valence-corrected chi connectivity index (χ2v) is 11.8. The third-order valence-corrected chi connectivity index (χ3v) is 8.69. The number of aromatic nitrogens is 3. The Kier molecular flexibility index (Phi) is 6.24. The summed E-state index contributed by atoms with van der Waals surface area (Å²) in [5.74, 6) is -1.28. The molecule has 0 amide bonds. The Bertz CT molecular complexity index is 1460. The molecule has 202 valence electrons. The topological polar surface area (TPSA) is 75.1 Å². The van der Waals surface area contributed by atoms with Crippen LogP contribution in [-0.4, -0.2) is 39.1 Å². The molecule has 38 heavy (non-hydrogen) atoms. The molecule has 1 aromatic carbocycles. The van der Waals surface area contributed by atoms with Crippen LogP contribution < -0.4 is 21.1 Å². The van der Waals surface area contributed by atoms with E-state index in [4.69, 9.17) is 16.6 Å². The van der Waals surface area contributed by atoms with E-state index in [1.165, 1.54) is 6.42 Å². The molecule has 4 heterocycles. The Labute approximate surface area is 225 Å². The number of piperidine rings is 1. The zero-order valence-electron chi connectivity index (χ0n) is 21.9. The van der Waals surface area contributed by atoms with Crippen LogP contribution in [0, 0.1) is 11.8 Å². The van der Waals surface area contributed by atoms with Crippen molar-refractivity contribution in [2.24, 2.45) is 18.9 Å². The highest BCUT2D eigenvalue weighted by molar-refractivity contribution is 6.32. The molecule has 2 fully saturated rings. The zero-order chi connectivity index (χ0) is 26.8. The number of anilines is 4. The summed E-state index contributed by atoms with van der Waals surface area (Å²) in [6.07, 6.45) is 5.13. The van der Waals surface area contributed by atoms with Crippen LogP contribution in [0.15, 0.2) is 29.2 Å². The molecular weight excluding hydrogens is 510 g/mol. The van der Waals surface area contributed by atoms with Crippen molar-refractivity contribution in [3.63, 3.8) is 0 Å². The first-order valence-corrected chi connectivity index (χ1v) is 13.9. The molecule has 2 aromatic heterocycles. The molecule has 0 bridgehead atoms. The molecule has 1 aliphatic carbocycles. The highest BCUT2D eigenvalue weighted by atomic mass is 35.5. The van der Waals surface area contributed by atoms with E-state index in [-0.39, 0.29) is 24.3 Å². The van der Waals surface area contributed by atoms with Gasteiger partial charge in [-0.1, -0.05) is 18.5 Å². The number of aryl methyl sites for hydroxylation is 1. The predicted octanol–water partition coefficient (Wildman–Crippen LogP) is 6.12. The minimum Gasteiger partial charge on any atom is -0.375 e. The van der Waals surface area contributed by atoms with Crippen LogP contribution in [-0.2, 0) is 13.5 Å². The fourth-order valence-corrected chi connectivity index (χ4v) is 6.11. The lowest BCUT2D eigenvalue weighted by molar-refractivity contribution is -0.0305. The Morgan fingerprint density at radius 1 is 1.18 bits per heavy atom. The van der Waals surface area contributed by atoms with Gasteiger partial charge < -0.3 is 20.1 Å². The summed E-state index contributed by atoms with van der Waals surface area (Å²) >= 11 is 6.50. The number of nitrogens with one attached hydrogen (secondary N) is 2. The first-order valence-electron chi connectivity index (χ1n) is 13.5. The fourth-order valence-electron chi connectivity index (χ4n) is 5.97. The molecule has 3 aliphatic rings. The van der Waals surface area contributed by atoms with Gasteiger partial charge in [-0.25, -0.2) is 13.8 Å². The quantitative estimate of drug-likeness (QED) is 0.413. The van der Waals surface area contributed by atoms with Crippen molar-refractivity contribution in [2.75, 3.05) is 22.1 Å². The van der Waals surface area contributed by atoms with E-state index in [0.717, 1.165) is 31.2 Å². The minimum absolute atomic E-state index is 0.0341. The molecule has 2 N–H and O–H groups in total. The van der Waals surface area contributed by atoms with Gasteiger partial charge in [0.2, 0.25) is 5.95 Å². The molecule has 7 nitrogen and oxygen atoms in total. The van der Waals surface area contributed by atoms with Gasteiger partial charge in [-0.05, 0) is 69.1 Å². The number of fused-ring (bicyclic) bond motifs is 3. The number of halogens is 3. The van der Waals surface area contributed by atoms with Crippen LogP contribution in [0.1, 0.15) is 51.5 Å². The highest BCUT2D eigenvalue weighted by Gasteiger charge is 2.49. The lowest BCUT2D eigenvalue weighted by Gasteiger charge is -2.36. The number of pyridine rings is 1. The second kappa shape index (κ2) is 9.36. The summed E-state index contributed by atoms with van der Waals surface area (Å²) in [5.41, 5.74) is 2.08. The van der Waals surface area contributed by atoms with Gasteiger partial charge in [0.05, 0.1) is 23.4 Å². The summed E-state index contributed by atoms with van der Waals surface area (Å²) in [5, 5.41) is 7.56. The maximum atomic E-state index is 15.1. The number of benzene rings is 1. The average molecular weight is 543 g/mol. The number of hydrogen-bond donors (Lipinski definition) is 2. The lowest BCUT2D eigenvalue weighted by Crippen LogP contribution is -2.42. The molecule has 1 saturated heterocycles. The molecule has 3 atom stereocenters. The van der Waals surface area contributed by atoms with Crippen molar-refractivity contribution in [3.05, 3.63) is 45.3 Å². The van der Waals surface area contributed by atoms with Crippen LogP contribution in [0.2, 0.25) is 5.02 Å². The van der Waals surface area contributed by atoms with Crippen molar-refractivity contribution >= 4 is 45.6 Å². The van der Waals surface area contributed by atoms with Gasteiger partial charge in [0.1, 0.15) is 5.02 Å². The maximum absolute atomic E-state index is 15.1. The molecule has 6 rings (SSSR count). The van der Waals surface area contributed by atoms with Crippen molar-refractivity contribution < 1.29 is 8.78 Å². The predicted molar refractivity (Wildman–Crippen MR) is 148 cm³/mol. The molecule has 10 heteroatoms. The molecule has 2 aliphatic heterocycles. The SMILES string of the molecule is CC1CCC(C)N(c2ncc(Cl)c(Nc3ccc4c(c3)c3c(c(=O)n4C)CCC(F)(F)[C@H](C4CC4)N3)n2)C1. The van der Waals surface area contributed by atoms with Crippen molar-refractivity contribution in [1.29, 1.82) is 0 Å². The molecular formula is C28H33ClF2N6O. The van der Waals surface area contributed by atoms with E-state index < -0.39 is 12.0 Å². The van der Waals surface area contributed by atoms with Crippen molar-refractivity contribution in [3.8, 4) is 0 Å². The lowest BCUT2D eigenvalue weighted by atomic mass is 9.95. The van der Waals surface area contributed by atoms with E-state index in [1.54, 1.807) is 17.8 Å². The largest absolute Gasteiger partial charge is 0.375 e. The third-order valence-electron chi connectivity index (χ3n) is 8.42. The Morgan fingerprint density at radius 3 is 2.74 bits per heavy atom. The number of hydrogen-bond acceptors (Lipinski definition) is 6. The second-order valence-electron chi connectivity index (χ2n) is 11.3. The Hall–Kier alpha value is -2.94. The summed E-state index contributed by atoms with van der Waals surface area (Å²) in [6, 6.07) is 4.93. The van der Waals surface area contributed by atoms with Crippen LogP contribution in [0.4, 0.5) is 31.9 Å². The summed E-state index contributed by atoms with van der Waals surface area (Å²) < 4.78 is 31.7. The molecule has 2 unspecified atom stereocenters. The Balaban J connectivity index is 1.39. The smallest absolute Gasteiger partial charge is 0.268 e. The zero-order valence-corrected chi connectivity index (χ0v) is 22.7. The van der Waals surface area contributed by atoms with E-state index in [9.17, 15) is 4.79 Å². The first kappa shape index (κ1) is 25.3. The van der Waals surface area contributed by atoms with Gasteiger partial charge in [-0.15, -0.1) is 0 Å².